The highest BCUT2D eigenvalue weighted by Gasteiger charge is 2.23. The molecule has 2 amide bonds. The van der Waals surface area contributed by atoms with Crippen molar-refractivity contribution in [2.24, 2.45) is 0 Å². The van der Waals surface area contributed by atoms with Crippen molar-refractivity contribution in [1.29, 1.82) is 0 Å². The Kier molecular flexibility index (Phi) is 8.68. The van der Waals surface area contributed by atoms with E-state index in [9.17, 15) is 24.6 Å². The Labute approximate surface area is 228 Å². The van der Waals surface area contributed by atoms with E-state index in [-0.39, 0.29) is 35.2 Å². The zero-order valence-corrected chi connectivity index (χ0v) is 21.5. The van der Waals surface area contributed by atoms with E-state index in [0.29, 0.717) is 10.7 Å². The van der Waals surface area contributed by atoms with Gasteiger partial charge in [-0.15, -0.1) is 11.8 Å². The predicted molar refractivity (Wildman–Crippen MR) is 149 cm³/mol. The Hall–Kier alpha value is -4.27. The fourth-order valence-electron chi connectivity index (χ4n) is 3.64. The van der Waals surface area contributed by atoms with Crippen molar-refractivity contribution in [1.82, 2.24) is 0 Å². The summed E-state index contributed by atoms with van der Waals surface area (Å²) in [7, 11) is 0. The SMILES string of the molecule is O=C(Cc1ccc(Cl)cc1)Nc1ccc(SC(C(=O)Nc2ccc(O)c(C(=O)O)c2)c2ccccc2)cc1. The molecule has 0 heterocycles. The summed E-state index contributed by atoms with van der Waals surface area (Å²) in [5, 5.41) is 24.6. The van der Waals surface area contributed by atoms with Crippen LogP contribution < -0.4 is 10.6 Å². The molecule has 4 rings (SSSR count). The first kappa shape index (κ1) is 26.8. The lowest BCUT2D eigenvalue weighted by molar-refractivity contribution is -0.116. The molecule has 38 heavy (non-hydrogen) atoms. The number of nitrogens with one attached hydrogen (secondary N) is 2. The minimum Gasteiger partial charge on any atom is -0.507 e. The van der Waals surface area contributed by atoms with Crippen LogP contribution in [0.5, 0.6) is 5.75 Å². The molecule has 7 nitrogen and oxygen atoms in total. The average Bonchev–Trinajstić information content (AvgIpc) is 2.91. The van der Waals surface area contributed by atoms with Gasteiger partial charge in [0.25, 0.3) is 0 Å². The lowest BCUT2D eigenvalue weighted by atomic mass is 10.1. The molecule has 9 heteroatoms. The molecule has 4 aromatic carbocycles. The predicted octanol–water partition coefficient (Wildman–Crippen LogP) is 6.40. The summed E-state index contributed by atoms with van der Waals surface area (Å²) in [5.74, 6) is -2.20. The number of hydrogen-bond acceptors (Lipinski definition) is 5. The van der Waals surface area contributed by atoms with Crippen molar-refractivity contribution in [3.05, 3.63) is 119 Å². The van der Waals surface area contributed by atoms with E-state index >= 15 is 0 Å². The molecular formula is C29H23ClN2O5S. The summed E-state index contributed by atoms with van der Waals surface area (Å²) in [4.78, 5) is 37.8. The number of anilines is 2. The third-order valence-corrected chi connectivity index (χ3v) is 7.02. The minimum absolute atomic E-state index is 0.163. The molecule has 0 bridgehead atoms. The van der Waals surface area contributed by atoms with E-state index in [1.54, 1.807) is 36.4 Å². The largest absolute Gasteiger partial charge is 0.507 e. The lowest BCUT2D eigenvalue weighted by Gasteiger charge is -2.18. The number of carbonyl (C=O) groups is 3. The highest BCUT2D eigenvalue weighted by atomic mass is 35.5. The van der Waals surface area contributed by atoms with Gasteiger partial charge in [-0.1, -0.05) is 54.1 Å². The Balaban J connectivity index is 1.46. The molecule has 0 saturated heterocycles. The molecule has 1 unspecified atom stereocenters. The number of carboxylic acids is 1. The van der Waals surface area contributed by atoms with Crippen LogP contribution in [0.15, 0.2) is 102 Å². The van der Waals surface area contributed by atoms with Gasteiger partial charge in [0.2, 0.25) is 11.8 Å². The maximum Gasteiger partial charge on any atom is 0.339 e. The Morgan fingerprint density at radius 3 is 2.13 bits per heavy atom. The molecular weight excluding hydrogens is 524 g/mol. The number of rotatable bonds is 9. The van der Waals surface area contributed by atoms with Gasteiger partial charge in [0.1, 0.15) is 16.6 Å². The summed E-state index contributed by atoms with van der Waals surface area (Å²) in [5.41, 5.74) is 2.18. The van der Waals surface area contributed by atoms with Crippen LogP contribution in [-0.4, -0.2) is 28.0 Å². The van der Waals surface area contributed by atoms with E-state index in [4.69, 9.17) is 11.6 Å². The van der Waals surface area contributed by atoms with Crippen LogP contribution in [0.2, 0.25) is 5.02 Å². The van der Waals surface area contributed by atoms with Gasteiger partial charge >= 0.3 is 5.97 Å². The number of thioether (sulfide) groups is 1. The summed E-state index contributed by atoms with van der Waals surface area (Å²) >= 11 is 7.20. The van der Waals surface area contributed by atoms with Crippen molar-refractivity contribution in [2.75, 3.05) is 10.6 Å². The Morgan fingerprint density at radius 1 is 0.816 bits per heavy atom. The van der Waals surface area contributed by atoms with Gasteiger partial charge in [0.05, 0.1) is 6.42 Å². The number of hydrogen-bond donors (Lipinski definition) is 4. The standard InChI is InChI=1S/C29H23ClN2O5S/c30-20-8-6-18(7-9-20)16-26(34)31-21-10-13-23(14-11-21)38-27(19-4-2-1-3-5-19)28(35)32-22-12-15-25(33)24(17-22)29(36)37/h1-15,17,27,33H,16H2,(H,31,34)(H,32,35)(H,36,37). The van der Waals surface area contributed by atoms with Crippen molar-refractivity contribution >= 4 is 52.5 Å². The second kappa shape index (κ2) is 12.3. The van der Waals surface area contributed by atoms with Crippen LogP contribution in [0, 0.1) is 0 Å². The maximum absolute atomic E-state index is 13.3. The fourth-order valence-corrected chi connectivity index (χ4v) is 4.79. The fraction of sp³-hybridized carbons (Fsp3) is 0.0690. The highest BCUT2D eigenvalue weighted by Crippen LogP contribution is 2.37. The Morgan fingerprint density at radius 2 is 1.47 bits per heavy atom. The van der Waals surface area contributed by atoms with Crippen molar-refractivity contribution < 1.29 is 24.6 Å². The average molecular weight is 547 g/mol. The zero-order chi connectivity index (χ0) is 27.1. The first-order valence-electron chi connectivity index (χ1n) is 11.5. The molecule has 0 aromatic heterocycles. The van der Waals surface area contributed by atoms with Crippen molar-refractivity contribution in [3.8, 4) is 5.75 Å². The van der Waals surface area contributed by atoms with Gasteiger partial charge in [-0.05, 0) is 65.7 Å². The zero-order valence-electron chi connectivity index (χ0n) is 19.9. The van der Waals surface area contributed by atoms with Gasteiger partial charge in [-0.3, -0.25) is 9.59 Å². The molecule has 0 aliphatic rings. The lowest BCUT2D eigenvalue weighted by Crippen LogP contribution is -2.19. The summed E-state index contributed by atoms with van der Waals surface area (Å²) in [6.45, 7) is 0. The number of aromatic carboxylic acids is 1. The molecule has 0 saturated carbocycles. The molecule has 4 N–H and O–H groups in total. The van der Waals surface area contributed by atoms with Crippen molar-refractivity contribution in [3.63, 3.8) is 0 Å². The van der Waals surface area contributed by atoms with Crippen LogP contribution in [0.4, 0.5) is 11.4 Å². The molecule has 192 valence electrons. The number of benzene rings is 4. The van der Waals surface area contributed by atoms with E-state index in [1.807, 2.05) is 42.5 Å². The van der Waals surface area contributed by atoms with E-state index in [0.717, 1.165) is 16.0 Å². The number of amides is 2. The number of carboxylic acid groups (broad SMARTS) is 1. The second-order valence-electron chi connectivity index (χ2n) is 8.31. The number of carbonyl (C=O) groups excluding carboxylic acids is 2. The molecule has 4 aromatic rings. The summed E-state index contributed by atoms with van der Waals surface area (Å²) in [6.07, 6.45) is 0.213. The third-order valence-electron chi connectivity index (χ3n) is 5.50. The van der Waals surface area contributed by atoms with Gasteiger partial charge in [-0.25, -0.2) is 4.79 Å². The van der Waals surface area contributed by atoms with E-state index < -0.39 is 11.2 Å². The van der Waals surface area contributed by atoms with Gasteiger partial charge in [0.15, 0.2) is 0 Å². The maximum atomic E-state index is 13.3. The van der Waals surface area contributed by atoms with Crippen LogP contribution >= 0.6 is 23.4 Å². The molecule has 0 fully saturated rings. The second-order valence-corrected chi connectivity index (χ2v) is 9.93. The number of halogens is 1. The summed E-state index contributed by atoms with van der Waals surface area (Å²) in [6, 6.07) is 27.3. The van der Waals surface area contributed by atoms with Crippen LogP contribution in [0.25, 0.3) is 0 Å². The highest BCUT2D eigenvalue weighted by molar-refractivity contribution is 8.00. The molecule has 0 radical (unpaired) electrons. The van der Waals surface area contributed by atoms with E-state index in [2.05, 4.69) is 10.6 Å². The number of aromatic hydroxyl groups is 1. The van der Waals surface area contributed by atoms with Crippen LogP contribution in [0.1, 0.15) is 26.7 Å². The molecule has 0 aliphatic carbocycles. The normalized spacial score (nSPS) is 11.4. The third kappa shape index (κ3) is 7.15. The topological polar surface area (TPSA) is 116 Å². The number of phenols is 1. The van der Waals surface area contributed by atoms with Crippen LogP contribution in [-0.2, 0) is 16.0 Å². The first-order valence-corrected chi connectivity index (χ1v) is 12.8. The van der Waals surface area contributed by atoms with Gasteiger partial charge in [0, 0.05) is 21.3 Å². The van der Waals surface area contributed by atoms with Crippen LogP contribution in [0.3, 0.4) is 0 Å². The monoisotopic (exact) mass is 546 g/mol. The van der Waals surface area contributed by atoms with Gasteiger partial charge < -0.3 is 20.8 Å². The molecule has 0 aliphatic heterocycles. The molecule has 0 spiro atoms. The molecule has 1 atom stereocenters. The Bertz CT molecular complexity index is 1440. The summed E-state index contributed by atoms with van der Waals surface area (Å²) < 4.78 is 0. The van der Waals surface area contributed by atoms with Gasteiger partial charge in [-0.2, -0.15) is 0 Å². The quantitative estimate of drug-likeness (QED) is 0.143. The minimum atomic E-state index is -1.30. The van der Waals surface area contributed by atoms with E-state index in [1.165, 1.54) is 30.0 Å². The smallest absolute Gasteiger partial charge is 0.339 e. The first-order chi connectivity index (χ1) is 18.3. The van der Waals surface area contributed by atoms with Crippen molar-refractivity contribution in [2.45, 2.75) is 16.6 Å².